The summed E-state index contributed by atoms with van der Waals surface area (Å²) in [6, 6.07) is 6.24. The normalized spacial score (nSPS) is 11.8. The smallest absolute Gasteiger partial charge is 0.0434 e. The van der Waals surface area contributed by atoms with Crippen LogP contribution in [0.1, 0.15) is 18.1 Å². The van der Waals surface area contributed by atoms with Crippen molar-refractivity contribution in [3.63, 3.8) is 0 Å². The quantitative estimate of drug-likeness (QED) is 0.691. The van der Waals surface area contributed by atoms with Crippen LogP contribution in [0.3, 0.4) is 0 Å². The molecule has 13 heavy (non-hydrogen) atoms. The van der Waals surface area contributed by atoms with Crippen molar-refractivity contribution >= 4 is 33.6 Å². The fourth-order valence-electron chi connectivity index (χ4n) is 1.11. The second-order valence-corrected chi connectivity index (χ2v) is 4.31. The Morgan fingerprint density at radius 3 is 2.77 bits per heavy atom. The van der Waals surface area contributed by atoms with E-state index in [2.05, 4.69) is 41.1 Å². The Bertz CT molecular complexity index is 329. The van der Waals surface area contributed by atoms with Crippen LogP contribution in [0.15, 0.2) is 28.2 Å². The summed E-state index contributed by atoms with van der Waals surface area (Å²) in [6.07, 6.45) is 2.12. The summed E-state index contributed by atoms with van der Waals surface area (Å²) in [5, 5.41) is 0. The van der Waals surface area contributed by atoms with Crippen LogP contribution in [0.25, 0.3) is 6.08 Å². The van der Waals surface area contributed by atoms with Gasteiger partial charge in [0.15, 0.2) is 0 Å². The molecule has 0 spiro atoms. The SMILES string of the molecule is C/C(=C/c1ccc(Br)cc1C)CCl. The molecule has 0 aliphatic rings. The van der Waals surface area contributed by atoms with Crippen LogP contribution in [0.5, 0.6) is 0 Å². The molecule has 1 aromatic carbocycles. The van der Waals surface area contributed by atoms with E-state index in [1.165, 1.54) is 16.7 Å². The van der Waals surface area contributed by atoms with Crippen molar-refractivity contribution in [3.8, 4) is 0 Å². The molecule has 0 saturated heterocycles. The number of benzene rings is 1. The number of alkyl halides is 1. The van der Waals surface area contributed by atoms with Crippen LogP contribution in [-0.4, -0.2) is 5.88 Å². The first-order chi connectivity index (χ1) is 6.13. The molecule has 0 saturated carbocycles. The predicted octanol–water partition coefficient (Wildman–Crippen LogP) is 4.40. The highest BCUT2D eigenvalue weighted by Crippen LogP contribution is 2.18. The fraction of sp³-hybridized carbons (Fsp3) is 0.273. The topological polar surface area (TPSA) is 0 Å². The number of hydrogen-bond donors (Lipinski definition) is 0. The summed E-state index contributed by atoms with van der Waals surface area (Å²) in [7, 11) is 0. The van der Waals surface area contributed by atoms with Gasteiger partial charge in [-0.15, -0.1) is 11.6 Å². The van der Waals surface area contributed by atoms with Crippen LogP contribution in [-0.2, 0) is 0 Å². The summed E-state index contributed by atoms with van der Waals surface area (Å²) in [6.45, 7) is 4.13. The van der Waals surface area contributed by atoms with Crippen LogP contribution >= 0.6 is 27.5 Å². The second kappa shape index (κ2) is 4.83. The van der Waals surface area contributed by atoms with E-state index in [1.54, 1.807) is 0 Å². The molecule has 0 atom stereocenters. The van der Waals surface area contributed by atoms with Gasteiger partial charge < -0.3 is 0 Å². The van der Waals surface area contributed by atoms with Crippen LogP contribution < -0.4 is 0 Å². The van der Waals surface area contributed by atoms with Crippen molar-refractivity contribution in [1.82, 2.24) is 0 Å². The summed E-state index contributed by atoms with van der Waals surface area (Å²) in [5.41, 5.74) is 3.69. The van der Waals surface area contributed by atoms with Gasteiger partial charge in [0.25, 0.3) is 0 Å². The third-order valence-electron chi connectivity index (χ3n) is 1.84. The van der Waals surface area contributed by atoms with Gasteiger partial charge in [0.1, 0.15) is 0 Å². The van der Waals surface area contributed by atoms with Crippen molar-refractivity contribution in [1.29, 1.82) is 0 Å². The maximum Gasteiger partial charge on any atom is 0.0434 e. The Labute approximate surface area is 92.7 Å². The van der Waals surface area contributed by atoms with Gasteiger partial charge in [-0.05, 0) is 37.1 Å². The van der Waals surface area contributed by atoms with E-state index in [-0.39, 0.29) is 0 Å². The molecule has 0 heterocycles. The van der Waals surface area contributed by atoms with Gasteiger partial charge in [0.2, 0.25) is 0 Å². The molecule has 0 aliphatic carbocycles. The fourth-order valence-corrected chi connectivity index (χ4v) is 1.66. The molecule has 0 aliphatic heterocycles. The zero-order chi connectivity index (χ0) is 9.84. The first kappa shape index (κ1) is 10.8. The van der Waals surface area contributed by atoms with Crippen molar-refractivity contribution in [2.24, 2.45) is 0 Å². The minimum atomic E-state index is 0.593. The number of aryl methyl sites for hydroxylation is 1. The number of allylic oxidation sites excluding steroid dienone is 1. The van der Waals surface area contributed by atoms with Gasteiger partial charge in [-0.1, -0.05) is 33.6 Å². The molecule has 0 aromatic heterocycles. The Kier molecular flexibility index (Phi) is 4.01. The van der Waals surface area contributed by atoms with E-state index in [9.17, 15) is 0 Å². The minimum absolute atomic E-state index is 0.593. The van der Waals surface area contributed by atoms with Crippen LogP contribution in [0.4, 0.5) is 0 Å². The molecular formula is C11H12BrCl. The van der Waals surface area contributed by atoms with Gasteiger partial charge in [-0.3, -0.25) is 0 Å². The molecule has 1 aromatic rings. The van der Waals surface area contributed by atoms with Crippen LogP contribution in [0, 0.1) is 6.92 Å². The minimum Gasteiger partial charge on any atom is -0.122 e. The lowest BCUT2D eigenvalue weighted by atomic mass is 10.1. The monoisotopic (exact) mass is 258 g/mol. The molecule has 0 amide bonds. The van der Waals surface area contributed by atoms with Gasteiger partial charge in [0, 0.05) is 10.4 Å². The van der Waals surface area contributed by atoms with Gasteiger partial charge in [-0.2, -0.15) is 0 Å². The van der Waals surface area contributed by atoms with Crippen molar-refractivity contribution in [3.05, 3.63) is 39.4 Å². The number of halogens is 2. The van der Waals surface area contributed by atoms with Crippen LogP contribution in [0.2, 0.25) is 0 Å². The highest BCUT2D eigenvalue weighted by atomic mass is 79.9. The Hall–Kier alpha value is -0.270. The summed E-state index contributed by atoms with van der Waals surface area (Å²) in [5.74, 6) is 0.593. The third kappa shape index (κ3) is 3.17. The molecule has 0 unspecified atom stereocenters. The van der Waals surface area contributed by atoms with E-state index >= 15 is 0 Å². The van der Waals surface area contributed by atoms with E-state index < -0.39 is 0 Å². The Morgan fingerprint density at radius 2 is 2.23 bits per heavy atom. The van der Waals surface area contributed by atoms with Crippen molar-refractivity contribution in [2.45, 2.75) is 13.8 Å². The highest BCUT2D eigenvalue weighted by molar-refractivity contribution is 9.10. The molecule has 1 rings (SSSR count). The van der Waals surface area contributed by atoms with E-state index in [0.717, 1.165) is 4.47 Å². The molecule has 70 valence electrons. The van der Waals surface area contributed by atoms with E-state index in [0.29, 0.717) is 5.88 Å². The first-order valence-corrected chi connectivity index (χ1v) is 5.45. The highest BCUT2D eigenvalue weighted by Gasteiger charge is 1.96. The lowest BCUT2D eigenvalue weighted by molar-refractivity contribution is 1.38. The Balaban J connectivity index is 3.03. The van der Waals surface area contributed by atoms with Crippen molar-refractivity contribution in [2.75, 3.05) is 5.88 Å². The standard InChI is InChI=1S/C11H12BrCl/c1-8(7-13)5-10-3-4-11(12)6-9(10)2/h3-6H,7H2,1-2H3/b8-5-. The average Bonchev–Trinajstić information content (AvgIpc) is 2.09. The molecule has 0 radical (unpaired) electrons. The lowest BCUT2D eigenvalue weighted by Crippen LogP contribution is -1.83. The maximum absolute atomic E-state index is 5.71. The van der Waals surface area contributed by atoms with Gasteiger partial charge >= 0.3 is 0 Å². The number of rotatable bonds is 2. The van der Waals surface area contributed by atoms with Gasteiger partial charge in [-0.25, -0.2) is 0 Å². The molecule has 0 fully saturated rings. The lowest BCUT2D eigenvalue weighted by Gasteiger charge is -2.02. The zero-order valence-corrected chi connectivity index (χ0v) is 10.1. The van der Waals surface area contributed by atoms with E-state index in [4.69, 9.17) is 11.6 Å². The Morgan fingerprint density at radius 1 is 1.54 bits per heavy atom. The summed E-state index contributed by atoms with van der Waals surface area (Å²) in [4.78, 5) is 0. The van der Waals surface area contributed by atoms with E-state index in [1.807, 2.05) is 13.0 Å². The molecule has 0 nitrogen and oxygen atoms in total. The largest absolute Gasteiger partial charge is 0.122 e. The molecular weight excluding hydrogens is 247 g/mol. The summed E-state index contributed by atoms with van der Waals surface area (Å²) < 4.78 is 1.12. The molecule has 0 N–H and O–H groups in total. The zero-order valence-electron chi connectivity index (χ0n) is 7.77. The average molecular weight is 260 g/mol. The maximum atomic E-state index is 5.71. The first-order valence-electron chi connectivity index (χ1n) is 4.13. The predicted molar refractivity (Wildman–Crippen MR) is 63.3 cm³/mol. The van der Waals surface area contributed by atoms with Crippen molar-refractivity contribution < 1.29 is 0 Å². The van der Waals surface area contributed by atoms with Gasteiger partial charge in [0.05, 0.1) is 0 Å². The third-order valence-corrected chi connectivity index (χ3v) is 2.76. The number of hydrogen-bond acceptors (Lipinski definition) is 0. The second-order valence-electron chi connectivity index (χ2n) is 3.13. The molecule has 0 bridgehead atoms. The summed E-state index contributed by atoms with van der Waals surface area (Å²) >= 11 is 9.14. The molecule has 2 heteroatoms.